The van der Waals surface area contributed by atoms with Gasteiger partial charge in [-0.1, -0.05) is 38.5 Å². The van der Waals surface area contributed by atoms with Crippen LogP contribution in [0.25, 0.3) is 0 Å². The first kappa shape index (κ1) is 23.5. The van der Waals surface area contributed by atoms with E-state index in [4.69, 9.17) is 5.11 Å². The van der Waals surface area contributed by atoms with Crippen molar-refractivity contribution in [1.29, 1.82) is 0 Å². The summed E-state index contributed by atoms with van der Waals surface area (Å²) in [6.45, 7) is 1.66. The first-order chi connectivity index (χ1) is 15.1. The molecule has 1 heterocycles. The molecule has 4 nitrogen and oxygen atoms in total. The molecular weight excluding hydrogens is 386 g/mol. The Bertz CT molecular complexity index is 553. The first-order valence-electron chi connectivity index (χ1n) is 13.7. The van der Waals surface area contributed by atoms with Crippen LogP contribution in [-0.2, 0) is 4.79 Å². The molecule has 4 unspecified atom stereocenters. The maximum absolute atomic E-state index is 11.1. The number of carbonyl (C=O) groups is 1. The number of aliphatic hydroxyl groups is 1. The summed E-state index contributed by atoms with van der Waals surface area (Å²) in [5.41, 5.74) is 0. The highest BCUT2D eigenvalue weighted by atomic mass is 16.4. The predicted molar refractivity (Wildman–Crippen MR) is 125 cm³/mol. The number of carboxylic acid groups (broad SMARTS) is 1. The summed E-state index contributed by atoms with van der Waals surface area (Å²) < 4.78 is 0. The van der Waals surface area contributed by atoms with Crippen LogP contribution in [0, 0.1) is 29.6 Å². The Morgan fingerprint density at radius 2 is 1.48 bits per heavy atom. The van der Waals surface area contributed by atoms with E-state index >= 15 is 0 Å². The minimum atomic E-state index is -0.622. The highest BCUT2D eigenvalue weighted by Crippen LogP contribution is 2.48. The van der Waals surface area contributed by atoms with Crippen LogP contribution in [0.4, 0.5) is 0 Å². The third-order valence-corrected chi connectivity index (χ3v) is 9.71. The van der Waals surface area contributed by atoms with Gasteiger partial charge in [0.05, 0.1) is 0 Å². The van der Waals surface area contributed by atoms with Crippen molar-refractivity contribution >= 4 is 5.97 Å². The molecule has 4 atom stereocenters. The summed E-state index contributed by atoms with van der Waals surface area (Å²) in [4.78, 5) is 14.1. The van der Waals surface area contributed by atoms with E-state index in [1.54, 1.807) is 0 Å². The molecule has 1 aliphatic heterocycles. The molecule has 1 saturated heterocycles. The molecule has 0 amide bonds. The topological polar surface area (TPSA) is 60.8 Å². The van der Waals surface area contributed by atoms with Crippen molar-refractivity contribution in [1.82, 2.24) is 4.90 Å². The summed E-state index contributed by atoms with van der Waals surface area (Å²) in [6.07, 6.45) is 21.4. The highest BCUT2D eigenvalue weighted by Gasteiger charge is 2.47. The summed E-state index contributed by atoms with van der Waals surface area (Å²) in [5, 5.41) is 18.5. The van der Waals surface area contributed by atoms with Gasteiger partial charge in [0.2, 0.25) is 0 Å². The van der Waals surface area contributed by atoms with Crippen molar-refractivity contribution in [2.24, 2.45) is 29.6 Å². The maximum Gasteiger partial charge on any atom is 0.303 e. The molecule has 4 aliphatic rings. The Balaban J connectivity index is 1.36. The van der Waals surface area contributed by atoms with Crippen LogP contribution < -0.4 is 0 Å². The zero-order chi connectivity index (χ0) is 21.6. The Labute approximate surface area is 190 Å². The van der Waals surface area contributed by atoms with Crippen LogP contribution >= 0.6 is 0 Å². The van der Waals surface area contributed by atoms with Gasteiger partial charge in [-0.25, -0.2) is 0 Å². The van der Waals surface area contributed by atoms with Gasteiger partial charge in [0, 0.05) is 31.7 Å². The van der Waals surface area contributed by atoms with E-state index in [1.807, 2.05) is 0 Å². The standard InChI is InChI=1S/C27H47NO3/c29-17-16-21-7-12-24(13-8-21)28-19-23(11-6-20-4-2-1-3-5-20)25-18-22(9-14-26(25)28)10-15-27(30)31/h20-26,29H,1-19H2,(H,30,31). The average Bonchev–Trinajstić information content (AvgIpc) is 3.15. The third-order valence-electron chi connectivity index (χ3n) is 9.71. The molecule has 4 heteroatoms. The molecular formula is C27H47NO3. The molecule has 0 aromatic heterocycles. The van der Waals surface area contributed by atoms with E-state index in [0.29, 0.717) is 18.9 Å². The lowest BCUT2D eigenvalue weighted by Crippen LogP contribution is -2.44. The van der Waals surface area contributed by atoms with E-state index in [9.17, 15) is 9.90 Å². The number of aliphatic carboxylic acids is 1. The Morgan fingerprint density at radius 3 is 2.19 bits per heavy atom. The van der Waals surface area contributed by atoms with Gasteiger partial charge < -0.3 is 10.2 Å². The van der Waals surface area contributed by atoms with Gasteiger partial charge in [0.25, 0.3) is 0 Å². The van der Waals surface area contributed by atoms with Crippen LogP contribution in [0.1, 0.15) is 109 Å². The van der Waals surface area contributed by atoms with E-state index in [0.717, 1.165) is 48.6 Å². The second-order valence-electron chi connectivity index (χ2n) is 11.6. The number of hydrogen-bond donors (Lipinski definition) is 2. The molecule has 0 spiro atoms. The largest absolute Gasteiger partial charge is 0.481 e. The number of hydrogen-bond acceptors (Lipinski definition) is 3. The molecule has 0 bridgehead atoms. The number of likely N-dealkylation sites (tertiary alicyclic amines) is 1. The number of fused-ring (bicyclic) bond motifs is 1. The van der Waals surface area contributed by atoms with Crippen LogP contribution in [0.15, 0.2) is 0 Å². The van der Waals surface area contributed by atoms with Gasteiger partial charge in [-0.3, -0.25) is 9.69 Å². The third kappa shape index (κ3) is 6.25. The molecule has 3 aliphatic carbocycles. The first-order valence-corrected chi connectivity index (χ1v) is 13.7. The van der Waals surface area contributed by atoms with Crippen LogP contribution in [-0.4, -0.2) is 46.3 Å². The number of aliphatic hydroxyl groups excluding tert-OH is 1. The van der Waals surface area contributed by atoms with Gasteiger partial charge >= 0.3 is 5.97 Å². The zero-order valence-corrected chi connectivity index (χ0v) is 19.7. The number of nitrogens with zero attached hydrogens (tertiary/aromatic N) is 1. The van der Waals surface area contributed by atoms with E-state index in [-0.39, 0.29) is 0 Å². The lowest BCUT2D eigenvalue weighted by molar-refractivity contribution is -0.137. The Morgan fingerprint density at radius 1 is 0.774 bits per heavy atom. The van der Waals surface area contributed by atoms with Crippen LogP contribution in [0.3, 0.4) is 0 Å². The monoisotopic (exact) mass is 433 g/mol. The molecule has 4 fully saturated rings. The van der Waals surface area contributed by atoms with Crippen molar-refractivity contribution in [3.05, 3.63) is 0 Å². The van der Waals surface area contributed by atoms with Crippen molar-refractivity contribution in [2.45, 2.75) is 121 Å². The van der Waals surface area contributed by atoms with Crippen LogP contribution in [0.5, 0.6) is 0 Å². The fourth-order valence-corrected chi connectivity index (χ4v) is 7.93. The number of rotatable bonds is 9. The minimum absolute atomic E-state index is 0.352. The van der Waals surface area contributed by atoms with E-state index in [2.05, 4.69) is 4.90 Å². The summed E-state index contributed by atoms with van der Waals surface area (Å²) in [7, 11) is 0. The minimum Gasteiger partial charge on any atom is -0.481 e. The van der Waals surface area contributed by atoms with Gasteiger partial charge in [-0.05, 0) is 93.8 Å². The van der Waals surface area contributed by atoms with Crippen molar-refractivity contribution in [3.8, 4) is 0 Å². The molecule has 0 aromatic carbocycles. The second kappa shape index (κ2) is 11.5. The molecule has 31 heavy (non-hydrogen) atoms. The smallest absolute Gasteiger partial charge is 0.303 e. The normalized spacial score (nSPS) is 37.6. The SMILES string of the molecule is O=C(O)CCC1CCC2C(C1)C(CCC1CCCCC1)CN2C1CCC(CCO)CC1. The van der Waals surface area contributed by atoms with E-state index < -0.39 is 5.97 Å². The molecule has 4 rings (SSSR count). The Kier molecular flexibility index (Phi) is 8.73. The fraction of sp³-hybridized carbons (Fsp3) is 0.963. The average molecular weight is 434 g/mol. The molecule has 0 radical (unpaired) electrons. The lowest BCUT2D eigenvalue weighted by atomic mass is 9.71. The van der Waals surface area contributed by atoms with Gasteiger partial charge in [-0.15, -0.1) is 0 Å². The summed E-state index contributed by atoms with van der Waals surface area (Å²) in [5.74, 6) is 3.38. The molecule has 178 valence electrons. The maximum atomic E-state index is 11.1. The number of carboxylic acids is 1. The summed E-state index contributed by atoms with van der Waals surface area (Å²) in [6, 6.07) is 1.52. The summed E-state index contributed by atoms with van der Waals surface area (Å²) >= 11 is 0. The zero-order valence-electron chi connectivity index (χ0n) is 19.7. The lowest BCUT2D eigenvalue weighted by Gasteiger charge is -2.42. The molecule has 0 aromatic rings. The van der Waals surface area contributed by atoms with Crippen molar-refractivity contribution in [2.75, 3.05) is 13.2 Å². The highest BCUT2D eigenvalue weighted by molar-refractivity contribution is 5.66. The molecule has 2 N–H and O–H groups in total. The predicted octanol–water partition coefficient (Wildman–Crippen LogP) is 5.87. The quantitative estimate of drug-likeness (QED) is 0.477. The second-order valence-corrected chi connectivity index (χ2v) is 11.6. The van der Waals surface area contributed by atoms with Gasteiger partial charge in [0.15, 0.2) is 0 Å². The Hall–Kier alpha value is -0.610. The van der Waals surface area contributed by atoms with E-state index in [1.165, 1.54) is 96.4 Å². The van der Waals surface area contributed by atoms with Crippen molar-refractivity contribution in [3.63, 3.8) is 0 Å². The van der Waals surface area contributed by atoms with Crippen LogP contribution in [0.2, 0.25) is 0 Å². The van der Waals surface area contributed by atoms with Gasteiger partial charge in [0.1, 0.15) is 0 Å². The fourth-order valence-electron chi connectivity index (χ4n) is 7.93. The molecule has 3 saturated carbocycles. The van der Waals surface area contributed by atoms with Gasteiger partial charge in [-0.2, -0.15) is 0 Å². The van der Waals surface area contributed by atoms with Crippen molar-refractivity contribution < 1.29 is 15.0 Å².